The maximum Gasteiger partial charge on any atom is 0.144 e. The number of aryl methyl sites for hydroxylation is 1. The summed E-state index contributed by atoms with van der Waals surface area (Å²) < 4.78 is 1.58. The first-order valence-electron chi connectivity index (χ1n) is 5.15. The predicted molar refractivity (Wildman–Crippen MR) is 69.8 cm³/mol. The zero-order valence-corrected chi connectivity index (χ0v) is 12.1. The molecule has 0 radical (unpaired) electrons. The van der Waals surface area contributed by atoms with Crippen molar-refractivity contribution in [1.82, 2.24) is 9.97 Å². The van der Waals surface area contributed by atoms with E-state index in [0.717, 1.165) is 28.8 Å². The first kappa shape index (κ1) is 12.8. The van der Waals surface area contributed by atoms with Crippen molar-refractivity contribution < 1.29 is 0 Å². The number of aromatic nitrogens is 2. The molecule has 0 saturated heterocycles. The number of H-pyrrole nitrogens is 1. The lowest BCUT2D eigenvalue weighted by Crippen LogP contribution is -2.16. The van der Waals surface area contributed by atoms with E-state index in [1.54, 1.807) is 0 Å². The summed E-state index contributed by atoms with van der Waals surface area (Å²) in [6.45, 7) is 8.62. The second-order valence-corrected chi connectivity index (χ2v) is 5.86. The van der Waals surface area contributed by atoms with Crippen LogP contribution < -0.4 is 0 Å². The Hall–Kier alpha value is -0.220. The Bertz CT molecular complexity index is 404. The van der Waals surface area contributed by atoms with E-state index in [9.17, 15) is 0 Å². The van der Waals surface area contributed by atoms with Gasteiger partial charge in [0, 0.05) is 17.5 Å². The molecule has 84 valence electrons. The highest BCUT2D eigenvalue weighted by molar-refractivity contribution is 9.10. The minimum Gasteiger partial charge on any atom is -0.346 e. The largest absolute Gasteiger partial charge is 0.346 e. The van der Waals surface area contributed by atoms with Gasteiger partial charge in [0.25, 0.3) is 0 Å². The van der Waals surface area contributed by atoms with Crippen LogP contribution in [0.4, 0.5) is 0 Å². The van der Waals surface area contributed by atoms with Crippen molar-refractivity contribution >= 4 is 28.1 Å². The summed E-state index contributed by atoms with van der Waals surface area (Å²) >= 11 is 8.74. The maximum absolute atomic E-state index is 5.23. The van der Waals surface area contributed by atoms with Gasteiger partial charge in [0.15, 0.2) is 0 Å². The quantitative estimate of drug-likeness (QED) is 0.828. The fourth-order valence-corrected chi connectivity index (χ4v) is 2.37. The number of hydrogen-bond acceptors (Lipinski definition) is 2. The van der Waals surface area contributed by atoms with Crippen molar-refractivity contribution in [3.05, 3.63) is 20.6 Å². The van der Waals surface area contributed by atoms with E-state index in [-0.39, 0.29) is 5.41 Å². The molecule has 0 aliphatic heterocycles. The molecule has 0 fully saturated rings. The van der Waals surface area contributed by atoms with Crippen molar-refractivity contribution in [2.75, 3.05) is 0 Å². The van der Waals surface area contributed by atoms with E-state index in [0.29, 0.717) is 4.64 Å². The Morgan fingerprint density at radius 3 is 2.47 bits per heavy atom. The zero-order valence-electron chi connectivity index (χ0n) is 9.65. The van der Waals surface area contributed by atoms with Gasteiger partial charge in [-0.1, -0.05) is 39.9 Å². The first-order valence-corrected chi connectivity index (χ1v) is 6.35. The molecule has 0 saturated carbocycles. The average molecular weight is 289 g/mol. The SMILES string of the molecule is CCCc1nc(=S)c(Br)c(C(C)(C)C)[nH]1. The Morgan fingerprint density at radius 1 is 1.40 bits per heavy atom. The van der Waals surface area contributed by atoms with E-state index in [1.165, 1.54) is 0 Å². The normalized spacial score (nSPS) is 11.8. The van der Waals surface area contributed by atoms with Crippen molar-refractivity contribution in [2.24, 2.45) is 0 Å². The molecule has 2 nitrogen and oxygen atoms in total. The van der Waals surface area contributed by atoms with Gasteiger partial charge < -0.3 is 4.98 Å². The van der Waals surface area contributed by atoms with Gasteiger partial charge in [-0.25, -0.2) is 4.98 Å². The van der Waals surface area contributed by atoms with E-state index in [2.05, 4.69) is 53.6 Å². The predicted octanol–water partition coefficient (Wildman–Crippen LogP) is 4.15. The van der Waals surface area contributed by atoms with Gasteiger partial charge in [-0.05, 0) is 22.4 Å². The molecule has 0 aliphatic rings. The molecule has 0 unspecified atom stereocenters. The Morgan fingerprint density at radius 2 is 2.00 bits per heavy atom. The lowest BCUT2D eigenvalue weighted by atomic mass is 9.92. The molecule has 1 N–H and O–H groups in total. The van der Waals surface area contributed by atoms with Crippen molar-refractivity contribution in [1.29, 1.82) is 0 Å². The number of aromatic amines is 1. The highest BCUT2D eigenvalue weighted by atomic mass is 79.9. The number of nitrogens with zero attached hydrogens (tertiary/aromatic N) is 1. The smallest absolute Gasteiger partial charge is 0.144 e. The molecule has 0 spiro atoms. The van der Waals surface area contributed by atoms with Crippen LogP contribution in [0.25, 0.3) is 0 Å². The highest BCUT2D eigenvalue weighted by Gasteiger charge is 2.19. The lowest BCUT2D eigenvalue weighted by molar-refractivity contribution is 0.556. The zero-order chi connectivity index (χ0) is 11.6. The third kappa shape index (κ3) is 3.11. The average Bonchev–Trinajstić information content (AvgIpc) is 2.09. The number of hydrogen-bond donors (Lipinski definition) is 1. The standard InChI is InChI=1S/C11H17BrN2S/c1-5-6-7-13-9(11(2,3)4)8(12)10(15)14-7/h5-6H2,1-4H3,(H,13,14,15). The monoisotopic (exact) mass is 288 g/mol. The third-order valence-corrected chi connectivity index (χ3v) is 3.48. The van der Waals surface area contributed by atoms with E-state index < -0.39 is 0 Å². The Balaban J connectivity index is 3.32. The molecular weight excluding hydrogens is 272 g/mol. The minimum absolute atomic E-state index is 0.0534. The van der Waals surface area contributed by atoms with Gasteiger partial charge in [0.1, 0.15) is 10.5 Å². The molecule has 1 aromatic rings. The number of halogens is 1. The van der Waals surface area contributed by atoms with Crippen LogP contribution in [0.5, 0.6) is 0 Å². The summed E-state index contributed by atoms with van der Waals surface area (Å²) in [6.07, 6.45) is 2.02. The molecule has 0 bridgehead atoms. The van der Waals surface area contributed by atoms with Gasteiger partial charge in [0.2, 0.25) is 0 Å². The van der Waals surface area contributed by atoms with Gasteiger partial charge in [-0.3, -0.25) is 0 Å². The van der Waals surface area contributed by atoms with Crippen molar-refractivity contribution in [3.63, 3.8) is 0 Å². The maximum atomic E-state index is 5.23. The summed E-state index contributed by atoms with van der Waals surface area (Å²) in [5.41, 5.74) is 1.18. The first-order chi connectivity index (χ1) is 6.86. The van der Waals surface area contributed by atoms with Gasteiger partial charge >= 0.3 is 0 Å². The molecule has 0 atom stereocenters. The molecule has 0 amide bonds. The molecule has 1 heterocycles. The van der Waals surface area contributed by atoms with Crippen molar-refractivity contribution in [3.8, 4) is 0 Å². The topological polar surface area (TPSA) is 28.7 Å². The minimum atomic E-state index is 0.0534. The van der Waals surface area contributed by atoms with Gasteiger partial charge in [-0.2, -0.15) is 0 Å². The Kier molecular flexibility index (Phi) is 4.06. The van der Waals surface area contributed by atoms with Crippen LogP contribution in [0.2, 0.25) is 0 Å². The summed E-state index contributed by atoms with van der Waals surface area (Å²) in [4.78, 5) is 7.72. The van der Waals surface area contributed by atoms with E-state index >= 15 is 0 Å². The molecule has 0 aromatic carbocycles. The van der Waals surface area contributed by atoms with Crippen LogP contribution >= 0.6 is 28.1 Å². The summed E-state index contributed by atoms with van der Waals surface area (Å²) in [5, 5.41) is 0. The van der Waals surface area contributed by atoms with Gasteiger partial charge in [0.05, 0.1) is 4.47 Å². The van der Waals surface area contributed by atoms with Crippen LogP contribution in [-0.2, 0) is 11.8 Å². The van der Waals surface area contributed by atoms with Crippen LogP contribution in [0.3, 0.4) is 0 Å². The van der Waals surface area contributed by atoms with Gasteiger partial charge in [-0.15, -0.1) is 0 Å². The van der Waals surface area contributed by atoms with E-state index in [4.69, 9.17) is 12.2 Å². The summed E-state index contributed by atoms with van der Waals surface area (Å²) in [6, 6.07) is 0. The van der Waals surface area contributed by atoms with Crippen LogP contribution in [-0.4, -0.2) is 9.97 Å². The fraction of sp³-hybridized carbons (Fsp3) is 0.636. The van der Waals surface area contributed by atoms with Crippen LogP contribution in [0.15, 0.2) is 4.47 Å². The fourth-order valence-electron chi connectivity index (χ4n) is 1.38. The molecule has 1 aromatic heterocycles. The molecule has 15 heavy (non-hydrogen) atoms. The highest BCUT2D eigenvalue weighted by Crippen LogP contribution is 2.28. The second kappa shape index (κ2) is 4.74. The third-order valence-electron chi connectivity index (χ3n) is 2.15. The van der Waals surface area contributed by atoms with E-state index in [1.807, 2.05) is 0 Å². The molecular formula is C11H17BrN2S. The molecule has 0 aliphatic carbocycles. The second-order valence-electron chi connectivity index (χ2n) is 4.68. The summed E-state index contributed by atoms with van der Waals surface area (Å²) in [5.74, 6) is 0.982. The molecule has 4 heteroatoms. The number of rotatable bonds is 2. The van der Waals surface area contributed by atoms with Crippen LogP contribution in [0, 0.1) is 4.64 Å². The van der Waals surface area contributed by atoms with Crippen LogP contribution in [0.1, 0.15) is 45.6 Å². The summed E-state index contributed by atoms with van der Waals surface area (Å²) in [7, 11) is 0. The number of nitrogens with one attached hydrogen (secondary N) is 1. The van der Waals surface area contributed by atoms with Crippen molar-refractivity contribution in [2.45, 2.75) is 46.0 Å². The Labute approximate surface area is 105 Å². The lowest BCUT2D eigenvalue weighted by Gasteiger charge is -2.21. The molecule has 1 rings (SSSR count).